The minimum absolute atomic E-state index is 0.0510. The van der Waals surface area contributed by atoms with Gasteiger partial charge in [-0.2, -0.15) is 0 Å². The van der Waals surface area contributed by atoms with E-state index in [1.54, 1.807) is 11.3 Å². The predicted octanol–water partition coefficient (Wildman–Crippen LogP) is 6.36. The Morgan fingerprint density at radius 2 is 1.97 bits per heavy atom. The van der Waals surface area contributed by atoms with Gasteiger partial charge < -0.3 is 19.9 Å². The number of carbonyl (C=O) groups excluding carboxylic acids is 1. The van der Waals surface area contributed by atoms with E-state index >= 15 is 0 Å². The second kappa shape index (κ2) is 11.8. The van der Waals surface area contributed by atoms with E-state index in [1.165, 1.54) is 16.7 Å². The molecule has 1 fully saturated rings. The first-order valence-corrected chi connectivity index (χ1v) is 14.7. The van der Waals surface area contributed by atoms with Crippen molar-refractivity contribution in [3.63, 3.8) is 0 Å². The third kappa shape index (κ3) is 5.98. The second-order valence-corrected chi connectivity index (χ2v) is 11.9. The fourth-order valence-electron chi connectivity index (χ4n) is 5.64. The van der Waals surface area contributed by atoms with Crippen molar-refractivity contribution in [3.8, 4) is 38.6 Å². The molecule has 5 rings (SSSR count). The Morgan fingerprint density at radius 3 is 2.69 bits per heavy atom. The summed E-state index contributed by atoms with van der Waals surface area (Å²) in [5.41, 5.74) is 5.69. The van der Waals surface area contributed by atoms with Crippen molar-refractivity contribution in [3.05, 3.63) is 59.3 Å². The number of fused-ring (bicyclic) bond motifs is 1. The number of urea groups is 1. The van der Waals surface area contributed by atoms with Crippen LogP contribution in [0.3, 0.4) is 0 Å². The van der Waals surface area contributed by atoms with E-state index in [-0.39, 0.29) is 18.2 Å². The summed E-state index contributed by atoms with van der Waals surface area (Å²) in [6.07, 6.45) is 5.99. The number of amides is 2. The van der Waals surface area contributed by atoms with E-state index in [9.17, 15) is 4.79 Å². The van der Waals surface area contributed by atoms with Gasteiger partial charge in [0.05, 0.1) is 22.6 Å². The maximum Gasteiger partial charge on any atom is 0.317 e. The van der Waals surface area contributed by atoms with Crippen LogP contribution < -0.4 is 10.1 Å². The van der Waals surface area contributed by atoms with Gasteiger partial charge in [-0.1, -0.05) is 24.1 Å². The lowest BCUT2D eigenvalue weighted by Gasteiger charge is -2.35. The van der Waals surface area contributed by atoms with Gasteiger partial charge >= 0.3 is 6.03 Å². The Morgan fingerprint density at radius 1 is 1.18 bits per heavy atom. The zero-order chi connectivity index (χ0) is 27.5. The van der Waals surface area contributed by atoms with E-state index in [0.29, 0.717) is 6.04 Å². The Hall–Kier alpha value is -3.34. The molecule has 1 N–H and O–H groups in total. The molecule has 1 aliphatic heterocycles. The fraction of sp³-hybridized carbons (Fsp3) is 0.438. The molecule has 3 aromatic rings. The normalized spacial score (nSPS) is 17.2. The van der Waals surface area contributed by atoms with Gasteiger partial charge in [0.2, 0.25) is 0 Å². The molecule has 7 heteroatoms. The Kier molecular flexibility index (Phi) is 8.25. The zero-order valence-electron chi connectivity index (χ0n) is 23.6. The lowest BCUT2D eigenvalue weighted by molar-refractivity contribution is 0.146. The molecule has 2 amide bonds. The molecular formula is C32H38N4O2S. The van der Waals surface area contributed by atoms with Gasteiger partial charge in [-0.15, -0.1) is 17.3 Å². The average Bonchev–Trinajstić information content (AvgIpc) is 3.57. The minimum atomic E-state index is 0.0510. The quantitative estimate of drug-likeness (QED) is 0.368. The summed E-state index contributed by atoms with van der Waals surface area (Å²) in [5.74, 6) is 6.98. The largest absolute Gasteiger partial charge is 0.490 e. The van der Waals surface area contributed by atoms with Gasteiger partial charge in [0.25, 0.3) is 0 Å². The highest BCUT2D eigenvalue weighted by molar-refractivity contribution is 7.18. The number of carbonyl (C=O) groups is 1. The first kappa shape index (κ1) is 27.2. The summed E-state index contributed by atoms with van der Waals surface area (Å²) < 4.78 is 5.95. The zero-order valence-corrected chi connectivity index (χ0v) is 24.4. The number of hydrogen-bond acceptors (Lipinski definition) is 5. The molecule has 2 aromatic carbocycles. The molecule has 2 aliphatic rings. The van der Waals surface area contributed by atoms with Crippen LogP contribution in [-0.2, 0) is 6.42 Å². The highest BCUT2D eigenvalue weighted by Crippen LogP contribution is 2.41. The molecular weight excluding hydrogens is 504 g/mol. The van der Waals surface area contributed by atoms with Crippen LogP contribution in [0.15, 0.2) is 42.6 Å². The molecule has 0 spiro atoms. The number of rotatable bonds is 6. The standard InChI is InChI=1S/C32H38N4O2S/c1-6-8-22-19-23(11-14-29(22)38-21(2)3)31-33-20-30(39-31)27-10-7-9-26-25(27)12-13-28(26)34-32(37)36-17-15-24(16-18-36)35(4)5/h7,9-11,14,19-21,24,28H,12-13,15-18H2,1-5H3,(H,34,37). The average molecular weight is 543 g/mol. The molecule has 1 aromatic heterocycles. The molecule has 204 valence electrons. The van der Waals surface area contributed by atoms with E-state index in [1.807, 2.05) is 37.9 Å². The maximum absolute atomic E-state index is 13.1. The van der Waals surface area contributed by atoms with E-state index < -0.39 is 0 Å². The lowest BCUT2D eigenvalue weighted by atomic mass is 10.0. The summed E-state index contributed by atoms with van der Waals surface area (Å²) >= 11 is 1.69. The summed E-state index contributed by atoms with van der Waals surface area (Å²) in [6.45, 7) is 7.51. The van der Waals surface area contributed by atoms with E-state index in [2.05, 4.69) is 66.5 Å². The number of ether oxygens (including phenoxy) is 1. The smallest absolute Gasteiger partial charge is 0.317 e. The Balaban J connectivity index is 1.32. The van der Waals surface area contributed by atoms with Crippen molar-refractivity contribution in [1.29, 1.82) is 0 Å². The van der Waals surface area contributed by atoms with Gasteiger partial charge in [0.15, 0.2) is 0 Å². The lowest BCUT2D eigenvalue weighted by Crippen LogP contribution is -2.48. The summed E-state index contributed by atoms with van der Waals surface area (Å²) in [4.78, 5) is 23.3. The van der Waals surface area contributed by atoms with Crippen molar-refractivity contribution in [2.24, 2.45) is 0 Å². The summed E-state index contributed by atoms with van der Waals surface area (Å²) in [6, 6.07) is 13.2. The molecule has 1 saturated heterocycles. The van der Waals surface area contributed by atoms with E-state index in [4.69, 9.17) is 9.72 Å². The van der Waals surface area contributed by atoms with Crippen LogP contribution in [0, 0.1) is 11.8 Å². The second-order valence-electron chi connectivity index (χ2n) is 10.9. The molecule has 1 aliphatic carbocycles. The number of nitrogens with one attached hydrogen (secondary N) is 1. The van der Waals surface area contributed by atoms with Gasteiger partial charge in [-0.25, -0.2) is 9.78 Å². The first-order chi connectivity index (χ1) is 18.8. The third-order valence-corrected chi connectivity index (χ3v) is 8.75. The molecule has 39 heavy (non-hydrogen) atoms. The molecule has 0 saturated carbocycles. The van der Waals surface area contributed by atoms with Crippen LogP contribution in [-0.4, -0.2) is 60.1 Å². The molecule has 1 atom stereocenters. The van der Waals surface area contributed by atoms with Gasteiger partial charge in [0.1, 0.15) is 10.8 Å². The number of benzene rings is 2. The molecule has 2 heterocycles. The Bertz CT molecular complexity index is 1390. The van der Waals surface area contributed by atoms with Crippen molar-refractivity contribution in [2.75, 3.05) is 27.2 Å². The summed E-state index contributed by atoms with van der Waals surface area (Å²) in [5, 5.41) is 4.29. The van der Waals surface area contributed by atoms with E-state index in [0.717, 1.165) is 65.5 Å². The number of hydrogen-bond donors (Lipinski definition) is 1. The van der Waals surface area contributed by atoms with Gasteiger partial charge in [-0.3, -0.25) is 0 Å². The van der Waals surface area contributed by atoms with Crippen LogP contribution in [0.1, 0.15) is 62.8 Å². The maximum atomic E-state index is 13.1. The predicted molar refractivity (Wildman–Crippen MR) is 159 cm³/mol. The first-order valence-electron chi connectivity index (χ1n) is 13.9. The fourth-order valence-corrected chi connectivity index (χ4v) is 6.61. The van der Waals surface area contributed by atoms with Crippen LogP contribution >= 0.6 is 11.3 Å². The van der Waals surface area contributed by atoms with Gasteiger partial charge in [-0.05, 0) is 95.4 Å². The third-order valence-electron chi connectivity index (χ3n) is 7.67. The van der Waals surface area contributed by atoms with Crippen molar-refractivity contribution in [1.82, 2.24) is 20.1 Å². The molecule has 0 radical (unpaired) electrons. The number of nitrogens with zero attached hydrogens (tertiary/aromatic N) is 3. The van der Waals surface area contributed by atoms with Crippen LogP contribution in [0.4, 0.5) is 4.79 Å². The van der Waals surface area contributed by atoms with Crippen LogP contribution in [0.2, 0.25) is 0 Å². The highest BCUT2D eigenvalue weighted by atomic mass is 32.1. The molecule has 6 nitrogen and oxygen atoms in total. The Labute approximate surface area is 236 Å². The summed E-state index contributed by atoms with van der Waals surface area (Å²) in [7, 11) is 4.24. The number of thiazole rings is 1. The van der Waals surface area contributed by atoms with Crippen molar-refractivity contribution < 1.29 is 9.53 Å². The van der Waals surface area contributed by atoms with Crippen molar-refractivity contribution >= 4 is 17.4 Å². The topological polar surface area (TPSA) is 57.7 Å². The highest BCUT2D eigenvalue weighted by Gasteiger charge is 2.30. The molecule has 1 unspecified atom stereocenters. The van der Waals surface area contributed by atoms with Crippen LogP contribution in [0.25, 0.3) is 21.0 Å². The number of piperidine rings is 1. The van der Waals surface area contributed by atoms with Crippen LogP contribution in [0.5, 0.6) is 5.75 Å². The number of likely N-dealkylation sites (tertiary alicyclic amines) is 1. The minimum Gasteiger partial charge on any atom is -0.490 e. The molecule has 0 bridgehead atoms. The SMILES string of the molecule is CC#Cc1cc(-c2ncc(-c3cccc4c3CCC4NC(=O)N3CCC(N(C)C)CC3)s2)ccc1OC(C)C. The van der Waals surface area contributed by atoms with Gasteiger partial charge in [0, 0.05) is 30.9 Å². The number of aromatic nitrogens is 1. The van der Waals surface area contributed by atoms with Crippen molar-refractivity contribution in [2.45, 2.75) is 64.6 Å². The monoisotopic (exact) mass is 542 g/mol.